The SMILES string of the molecule is CSCc1ccc(C(=O)NC2CC2)o1. The van der Waals surface area contributed by atoms with E-state index in [9.17, 15) is 4.79 Å². The fourth-order valence-corrected chi connectivity index (χ4v) is 1.64. The van der Waals surface area contributed by atoms with Crippen LogP contribution in [-0.4, -0.2) is 18.2 Å². The molecule has 0 spiro atoms. The molecule has 0 radical (unpaired) electrons. The van der Waals surface area contributed by atoms with Gasteiger partial charge in [0.2, 0.25) is 0 Å². The van der Waals surface area contributed by atoms with Gasteiger partial charge in [0.25, 0.3) is 5.91 Å². The largest absolute Gasteiger partial charge is 0.455 e. The highest BCUT2D eigenvalue weighted by atomic mass is 32.2. The monoisotopic (exact) mass is 211 g/mol. The summed E-state index contributed by atoms with van der Waals surface area (Å²) in [5, 5.41) is 2.89. The number of carbonyl (C=O) groups is 1. The average molecular weight is 211 g/mol. The van der Waals surface area contributed by atoms with Crippen molar-refractivity contribution in [3.8, 4) is 0 Å². The van der Waals surface area contributed by atoms with Crippen molar-refractivity contribution in [3.05, 3.63) is 23.7 Å². The molecule has 1 saturated carbocycles. The van der Waals surface area contributed by atoms with Gasteiger partial charge < -0.3 is 9.73 Å². The van der Waals surface area contributed by atoms with E-state index in [0.29, 0.717) is 11.8 Å². The summed E-state index contributed by atoms with van der Waals surface area (Å²) >= 11 is 1.68. The van der Waals surface area contributed by atoms with Crippen molar-refractivity contribution in [3.63, 3.8) is 0 Å². The van der Waals surface area contributed by atoms with Crippen molar-refractivity contribution in [1.82, 2.24) is 5.32 Å². The predicted octanol–water partition coefficient (Wildman–Crippen LogP) is 2.03. The van der Waals surface area contributed by atoms with E-state index in [1.165, 1.54) is 0 Å². The maximum absolute atomic E-state index is 11.5. The lowest BCUT2D eigenvalue weighted by Crippen LogP contribution is -2.24. The van der Waals surface area contributed by atoms with E-state index >= 15 is 0 Å². The van der Waals surface area contributed by atoms with Gasteiger partial charge in [0.1, 0.15) is 5.76 Å². The number of amides is 1. The molecule has 76 valence electrons. The van der Waals surface area contributed by atoms with Gasteiger partial charge in [-0.3, -0.25) is 4.79 Å². The molecule has 0 bridgehead atoms. The fraction of sp³-hybridized carbons (Fsp3) is 0.500. The van der Waals surface area contributed by atoms with Crippen LogP contribution in [0.5, 0.6) is 0 Å². The zero-order valence-corrected chi connectivity index (χ0v) is 8.89. The summed E-state index contributed by atoms with van der Waals surface area (Å²) in [6.45, 7) is 0. The molecule has 0 aromatic carbocycles. The van der Waals surface area contributed by atoms with Gasteiger partial charge in [-0.15, -0.1) is 0 Å². The first kappa shape index (κ1) is 9.65. The molecule has 1 fully saturated rings. The van der Waals surface area contributed by atoms with E-state index in [2.05, 4.69) is 5.32 Å². The number of carbonyl (C=O) groups excluding carboxylic acids is 1. The molecule has 1 aliphatic rings. The molecule has 1 aromatic rings. The Hall–Kier alpha value is -0.900. The molecule has 0 aliphatic heterocycles. The first-order chi connectivity index (χ1) is 6.79. The predicted molar refractivity (Wildman–Crippen MR) is 56.4 cm³/mol. The summed E-state index contributed by atoms with van der Waals surface area (Å²) in [6, 6.07) is 3.98. The van der Waals surface area contributed by atoms with Crippen LogP contribution >= 0.6 is 11.8 Å². The minimum absolute atomic E-state index is 0.0835. The van der Waals surface area contributed by atoms with Gasteiger partial charge in [0.15, 0.2) is 5.76 Å². The Bertz CT molecular complexity index is 331. The van der Waals surface area contributed by atoms with Crippen molar-refractivity contribution >= 4 is 17.7 Å². The third-order valence-electron chi connectivity index (χ3n) is 2.08. The van der Waals surface area contributed by atoms with E-state index in [1.807, 2.05) is 12.3 Å². The van der Waals surface area contributed by atoms with E-state index in [-0.39, 0.29) is 5.91 Å². The molecule has 4 heteroatoms. The number of hydrogen-bond acceptors (Lipinski definition) is 3. The third-order valence-corrected chi connectivity index (χ3v) is 2.66. The number of furan rings is 1. The van der Waals surface area contributed by atoms with Crippen molar-refractivity contribution < 1.29 is 9.21 Å². The molecule has 14 heavy (non-hydrogen) atoms. The maximum atomic E-state index is 11.5. The van der Waals surface area contributed by atoms with Gasteiger partial charge in [0, 0.05) is 6.04 Å². The summed E-state index contributed by atoms with van der Waals surface area (Å²) in [5.41, 5.74) is 0. The van der Waals surface area contributed by atoms with E-state index in [4.69, 9.17) is 4.42 Å². The van der Waals surface area contributed by atoms with Gasteiger partial charge in [-0.25, -0.2) is 0 Å². The van der Waals surface area contributed by atoms with Crippen LogP contribution in [0, 0.1) is 0 Å². The molecule has 1 amide bonds. The van der Waals surface area contributed by atoms with Crippen LogP contribution in [0.2, 0.25) is 0 Å². The average Bonchev–Trinajstić information content (AvgIpc) is 2.83. The number of nitrogens with one attached hydrogen (secondary N) is 1. The second kappa shape index (κ2) is 4.09. The molecule has 0 unspecified atom stereocenters. The quantitative estimate of drug-likeness (QED) is 0.828. The molecule has 1 N–H and O–H groups in total. The second-order valence-electron chi connectivity index (χ2n) is 3.45. The lowest BCUT2D eigenvalue weighted by Gasteiger charge is -1.98. The zero-order valence-electron chi connectivity index (χ0n) is 8.08. The normalized spacial score (nSPS) is 15.5. The summed E-state index contributed by atoms with van der Waals surface area (Å²) in [4.78, 5) is 11.5. The topological polar surface area (TPSA) is 42.2 Å². The van der Waals surface area contributed by atoms with Crippen molar-refractivity contribution in [2.24, 2.45) is 0 Å². The molecule has 0 saturated heterocycles. The van der Waals surface area contributed by atoms with Gasteiger partial charge in [0.05, 0.1) is 5.75 Å². The Balaban J connectivity index is 1.96. The van der Waals surface area contributed by atoms with E-state index < -0.39 is 0 Å². The number of thioether (sulfide) groups is 1. The molecule has 3 nitrogen and oxygen atoms in total. The molecule has 1 heterocycles. The van der Waals surface area contributed by atoms with E-state index in [1.54, 1.807) is 17.8 Å². The standard InChI is InChI=1S/C10H13NO2S/c1-14-6-8-4-5-9(13-8)10(12)11-7-2-3-7/h4-5,7H,2-3,6H2,1H3,(H,11,12). The van der Waals surface area contributed by atoms with Crippen molar-refractivity contribution in [1.29, 1.82) is 0 Å². The number of hydrogen-bond donors (Lipinski definition) is 1. The summed E-state index contributed by atoms with van der Waals surface area (Å²) < 4.78 is 5.38. The maximum Gasteiger partial charge on any atom is 0.287 e. The lowest BCUT2D eigenvalue weighted by molar-refractivity contribution is 0.0922. The molecule has 1 aromatic heterocycles. The zero-order chi connectivity index (χ0) is 9.97. The number of rotatable bonds is 4. The van der Waals surface area contributed by atoms with Crippen LogP contribution in [-0.2, 0) is 5.75 Å². The third kappa shape index (κ3) is 2.32. The van der Waals surface area contributed by atoms with Crippen LogP contribution in [0.3, 0.4) is 0 Å². The second-order valence-corrected chi connectivity index (χ2v) is 4.31. The van der Waals surface area contributed by atoms with E-state index in [0.717, 1.165) is 24.4 Å². The lowest BCUT2D eigenvalue weighted by atomic mass is 10.4. The highest BCUT2D eigenvalue weighted by molar-refractivity contribution is 7.97. The van der Waals surface area contributed by atoms with Crippen molar-refractivity contribution in [2.45, 2.75) is 24.6 Å². The van der Waals surface area contributed by atoms with Crippen LogP contribution in [0.25, 0.3) is 0 Å². The Kier molecular flexibility index (Phi) is 2.82. The minimum Gasteiger partial charge on any atom is -0.455 e. The molecule has 0 atom stereocenters. The van der Waals surface area contributed by atoms with Gasteiger partial charge >= 0.3 is 0 Å². The van der Waals surface area contributed by atoms with Gasteiger partial charge in [-0.05, 0) is 31.2 Å². The highest BCUT2D eigenvalue weighted by Crippen LogP contribution is 2.20. The Morgan fingerprint density at radius 3 is 3.07 bits per heavy atom. The Morgan fingerprint density at radius 2 is 2.43 bits per heavy atom. The minimum atomic E-state index is -0.0835. The highest BCUT2D eigenvalue weighted by Gasteiger charge is 2.24. The van der Waals surface area contributed by atoms with Crippen LogP contribution in [0.15, 0.2) is 16.5 Å². The van der Waals surface area contributed by atoms with Crippen molar-refractivity contribution in [2.75, 3.05) is 6.26 Å². The fourth-order valence-electron chi connectivity index (χ4n) is 1.20. The van der Waals surface area contributed by atoms with Crippen LogP contribution < -0.4 is 5.32 Å². The molecule has 2 rings (SSSR count). The summed E-state index contributed by atoms with van der Waals surface area (Å²) in [7, 11) is 0. The van der Waals surface area contributed by atoms with Crippen LogP contribution in [0.4, 0.5) is 0 Å². The first-order valence-corrected chi connectivity index (χ1v) is 6.07. The molecular formula is C10H13NO2S. The Morgan fingerprint density at radius 1 is 1.64 bits per heavy atom. The molecule has 1 aliphatic carbocycles. The molecular weight excluding hydrogens is 198 g/mol. The summed E-state index contributed by atoms with van der Waals surface area (Å²) in [6.07, 6.45) is 4.21. The Labute approximate surface area is 87.2 Å². The van der Waals surface area contributed by atoms with Gasteiger partial charge in [-0.2, -0.15) is 11.8 Å². The summed E-state index contributed by atoms with van der Waals surface area (Å²) in [5.74, 6) is 2.02. The smallest absolute Gasteiger partial charge is 0.287 e. The van der Waals surface area contributed by atoms with Gasteiger partial charge in [-0.1, -0.05) is 0 Å². The van der Waals surface area contributed by atoms with Crippen LogP contribution in [0.1, 0.15) is 29.2 Å². The first-order valence-electron chi connectivity index (χ1n) is 4.68.